The lowest BCUT2D eigenvalue weighted by Crippen LogP contribution is -2.32. The van der Waals surface area contributed by atoms with Crippen LogP contribution in [0.15, 0.2) is 64.5 Å². The van der Waals surface area contributed by atoms with E-state index in [0.29, 0.717) is 23.2 Å². The number of ether oxygens (including phenoxy) is 2. The molecule has 1 aliphatic rings. The van der Waals surface area contributed by atoms with Crippen LogP contribution in [0.25, 0.3) is 6.08 Å². The first-order chi connectivity index (χ1) is 13.6. The predicted molar refractivity (Wildman–Crippen MR) is 115 cm³/mol. The number of methoxy groups -OCH3 is 1. The molecule has 0 atom stereocenters. The van der Waals surface area contributed by atoms with E-state index >= 15 is 0 Å². The summed E-state index contributed by atoms with van der Waals surface area (Å²) in [6, 6.07) is 17.4. The maximum absolute atomic E-state index is 12.9. The summed E-state index contributed by atoms with van der Waals surface area (Å²) in [5.41, 5.74) is 1.76. The van der Waals surface area contributed by atoms with E-state index in [1.165, 1.54) is 11.8 Å². The predicted octanol–water partition coefficient (Wildman–Crippen LogP) is 4.72. The Labute approximate surface area is 170 Å². The van der Waals surface area contributed by atoms with Gasteiger partial charge in [-0.3, -0.25) is 9.69 Å². The van der Waals surface area contributed by atoms with Gasteiger partial charge in [-0.05, 0) is 61.5 Å². The highest BCUT2D eigenvalue weighted by Gasteiger charge is 2.33. The first kappa shape index (κ1) is 20.2. The minimum Gasteiger partial charge on any atom is -0.491 e. The number of amides is 1. The molecule has 146 valence electrons. The van der Waals surface area contributed by atoms with Gasteiger partial charge >= 0.3 is 0 Å². The quantitative estimate of drug-likeness (QED) is 0.635. The molecule has 1 saturated heterocycles. The van der Waals surface area contributed by atoms with Crippen LogP contribution in [0.4, 0.5) is 5.69 Å². The number of amidine groups is 1. The number of hydrogen-bond donors (Lipinski definition) is 0. The van der Waals surface area contributed by atoms with Crippen LogP contribution in [0.2, 0.25) is 0 Å². The van der Waals surface area contributed by atoms with Gasteiger partial charge in [-0.25, -0.2) is 4.99 Å². The lowest BCUT2D eigenvalue weighted by molar-refractivity contribution is -0.122. The highest BCUT2D eigenvalue weighted by molar-refractivity contribution is 8.18. The molecule has 3 rings (SSSR count). The van der Waals surface area contributed by atoms with Gasteiger partial charge in [0.1, 0.15) is 5.75 Å². The van der Waals surface area contributed by atoms with Gasteiger partial charge in [-0.1, -0.05) is 30.3 Å². The Kier molecular flexibility index (Phi) is 6.90. The van der Waals surface area contributed by atoms with Crippen molar-refractivity contribution < 1.29 is 14.3 Å². The fourth-order valence-corrected chi connectivity index (χ4v) is 3.67. The van der Waals surface area contributed by atoms with Crippen molar-refractivity contribution in [2.75, 3.05) is 20.3 Å². The third kappa shape index (κ3) is 5.24. The van der Waals surface area contributed by atoms with E-state index in [4.69, 9.17) is 9.47 Å². The van der Waals surface area contributed by atoms with E-state index in [9.17, 15) is 4.79 Å². The highest BCUT2D eigenvalue weighted by Crippen LogP contribution is 2.34. The number of hydrogen-bond acceptors (Lipinski definition) is 5. The van der Waals surface area contributed by atoms with Crippen molar-refractivity contribution in [1.82, 2.24) is 4.90 Å². The van der Waals surface area contributed by atoms with Gasteiger partial charge in [0.25, 0.3) is 5.91 Å². The largest absolute Gasteiger partial charge is 0.491 e. The average Bonchev–Trinajstić information content (AvgIpc) is 2.96. The van der Waals surface area contributed by atoms with Crippen molar-refractivity contribution in [3.05, 3.63) is 65.1 Å². The zero-order chi connectivity index (χ0) is 19.9. The lowest BCUT2D eigenvalue weighted by Gasteiger charge is -2.14. The summed E-state index contributed by atoms with van der Waals surface area (Å²) >= 11 is 1.38. The van der Waals surface area contributed by atoms with Crippen molar-refractivity contribution in [2.24, 2.45) is 4.99 Å². The number of thioether (sulfide) groups is 1. The lowest BCUT2D eigenvalue weighted by atomic mass is 10.2. The Bertz CT molecular complexity index is 861. The van der Waals surface area contributed by atoms with E-state index in [0.717, 1.165) is 17.0 Å². The first-order valence-corrected chi connectivity index (χ1v) is 9.99. The number of rotatable bonds is 7. The van der Waals surface area contributed by atoms with E-state index in [2.05, 4.69) is 4.99 Å². The summed E-state index contributed by atoms with van der Waals surface area (Å²) in [7, 11) is 1.62. The fourth-order valence-electron chi connectivity index (χ4n) is 2.65. The van der Waals surface area contributed by atoms with Crippen LogP contribution in [0.1, 0.15) is 19.4 Å². The van der Waals surface area contributed by atoms with Crippen LogP contribution in [0, 0.1) is 0 Å². The second-order valence-electron chi connectivity index (χ2n) is 6.53. The van der Waals surface area contributed by atoms with E-state index in [1.807, 2.05) is 74.5 Å². The molecule has 5 nitrogen and oxygen atoms in total. The SMILES string of the molecule is COCCN1C(=O)/C(=C\c2ccc(OC(C)C)cc2)SC1=Nc1ccccc1. The van der Waals surface area contributed by atoms with Crippen LogP contribution < -0.4 is 4.74 Å². The Morgan fingerprint density at radius 1 is 1.11 bits per heavy atom. The smallest absolute Gasteiger partial charge is 0.266 e. The molecule has 0 radical (unpaired) electrons. The summed E-state index contributed by atoms with van der Waals surface area (Å²) in [6.07, 6.45) is 2.02. The summed E-state index contributed by atoms with van der Waals surface area (Å²) in [5, 5.41) is 0.666. The molecule has 1 aliphatic heterocycles. The van der Waals surface area contributed by atoms with Crippen molar-refractivity contribution in [3.8, 4) is 5.75 Å². The third-order valence-corrected chi connectivity index (χ3v) is 4.94. The fraction of sp³-hybridized carbons (Fsp3) is 0.273. The normalized spacial score (nSPS) is 17.1. The molecule has 28 heavy (non-hydrogen) atoms. The molecule has 2 aromatic carbocycles. The maximum Gasteiger partial charge on any atom is 0.266 e. The van der Waals surface area contributed by atoms with Crippen LogP contribution in [0.5, 0.6) is 5.75 Å². The zero-order valence-corrected chi connectivity index (χ0v) is 17.1. The summed E-state index contributed by atoms with van der Waals surface area (Å²) in [4.78, 5) is 19.9. The third-order valence-electron chi connectivity index (χ3n) is 3.94. The zero-order valence-electron chi connectivity index (χ0n) is 16.3. The van der Waals surface area contributed by atoms with Crippen molar-refractivity contribution in [3.63, 3.8) is 0 Å². The van der Waals surface area contributed by atoms with Gasteiger partial charge in [-0.2, -0.15) is 0 Å². The summed E-state index contributed by atoms with van der Waals surface area (Å²) in [6.45, 7) is 4.90. The van der Waals surface area contributed by atoms with Crippen LogP contribution >= 0.6 is 11.8 Å². The molecule has 1 heterocycles. The standard InChI is InChI=1S/C22H24N2O3S/c1-16(2)27-19-11-9-17(10-12-19)15-20-21(25)24(13-14-26-3)22(28-20)23-18-7-5-4-6-8-18/h4-12,15-16H,13-14H2,1-3H3/b20-15+,23-22?. The number of para-hydroxylation sites is 1. The molecule has 0 saturated carbocycles. The minimum absolute atomic E-state index is 0.0563. The first-order valence-electron chi connectivity index (χ1n) is 9.17. The van der Waals surface area contributed by atoms with Gasteiger partial charge < -0.3 is 9.47 Å². The van der Waals surface area contributed by atoms with Crippen molar-refractivity contribution >= 4 is 34.6 Å². The second-order valence-corrected chi connectivity index (χ2v) is 7.53. The summed E-state index contributed by atoms with van der Waals surface area (Å²) < 4.78 is 10.8. The van der Waals surface area contributed by atoms with Crippen molar-refractivity contribution in [2.45, 2.75) is 20.0 Å². The molecule has 1 amide bonds. The molecule has 0 bridgehead atoms. The average molecular weight is 397 g/mol. The molecule has 0 aliphatic carbocycles. The number of carbonyl (C=O) groups excluding carboxylic acids is 1. The van der Waals surface area contributed by atoms with Crippen LogP contribution in [-0.2, 0) is 9.53 Å². The molecule has 0 unspecified atom stereocenters. The van der Waals surface area contributed by atoms with Gasteiger partial charge in [-0.15, -0.1) is 0 Å². The molecular formula is C22H24N2O3S. The molecule has 1 fully saturated rings. The van der Waals surface area contributed by atoms with E-state index in [-0.39, 0.29) is 12.0 Å². The Morgan fingerprint density at radius 2 is 1.82 bits per heavy atom. The van der Waals surface area contributed by atoms with E-state index < -0.39 is 0 Å². The Hall–Kier alpha value is -2.57. The van der Waals surface area contributed by atoms with Crippen LogP contribution in [0.3, 0.4) is 0 Å². The highest BCUT2D eigenvalue weighted by atomic mass is 32.2. The molecule has 6 heteroatoms. The maximum atomic E-state index is 12.9. The van der Waals surface area contributed by atoms with E-state index in [1.54, 1.807) is 12.0 Å². The molecular weight excluding hydrogens is 372 g/mol. The Balaban J connectivity index is 1.84. The molecule has 0 aromatic heterocycles. The summed E-state index contributed by atoms with van der Waals surface area (Å²) in [5.74, 6) is 0.759. The number of benzene rings is 2. The van der Waals surface area contributed by atoms with Crippen molar-refractivity contribution in [1.29, 1.82) is 0 Å². The number of aliphatic imine (C=N–C) groups is 1. The van der Waals surface area contributed by atoms with Gasteiger partial charge in [0.05, 0.1) is 29.8 Å². The second kappa shape index (κ2) is 9.57. The van der Waals surface area contributed by atoms with Gasteiger partial charge in [0, 0.05) is 7.11 Å². The van der Waals surface area contributed by atoms with Gasteiger partial charge in [0.15, 0.2) is 5.17 Å². The Morgan fingerprint density at radius 3 is 2.46 bits per heavy atom. The van der Waals surface area contributed by atoms with Gasteiger partial charge in [0.2, 0.25) is 0 Å². The van der Waals surface area contributed by atoms with Crippen LogP contribution in [-0.4, -0.2) is 42.3 Å². The molecule has 0 spiro atoms. The number of nitrogens with zero attached hydrogens (tertiary/aromatic N) is 2. The topological polar surface area (TPSA) is 51.1 Å². The molecule has 0 N–H and O–H groups in total. The monoisotopic (exact) mass is 396 g/mol. The number of carbonyl (C=O) groups is 1. The molecule has 2 aromatic rings. The minimum atomic E-state index is -0.0563.